The quantitative estimate of drug-likeness (QED) is 0.195. The zero-order valence-electron chi connectivity index (χ0n) is 23.0. The molecule has 4 rings (SSSR count). The van der Waals surface area contributed by atoms with Crippen molar-refractivity contribution in [2.24, 2.45) is 0 Å². The van der Waals surface area contributed by atoms with Crippen molar-refractivity contribution in [2.75, 3.05) is 13.1 Å². The van der Waals surface area contributed by atoms with E-state index in [0.717, 1.165) is 24.5 Å². The van der Waals surface area contributed by atoms with Gasteiger partial charge in [0, 0.05) is 36.6 Å². The predicted octanol–water partition coefficient (Wildman–Crippen LogP) is 3.82. The van der Waals surface area contributed by atoms with Crippen LogP contribution in [0.5, 0.6) is 0 Å². The number of aromatic nitrogens is 2. The number of hydrogen-bond acceptors (Lipinski definition) is 10. The van der Waals surface area contributed by atoms with Crippen molar-refractivity contribution in [1.29, 1.82) is 0 Å². The summed E-state index contributed by atoms with van der Waals surface area (Å²) < 4.78 is 118. The van der Waals surface area contributed by atoms with Crippen molar-refractivity contribution in [2.45, 2.75) is 75.7 Å². The van der Waals surface area contributed by atoms with Crippen molar-refractivity contribution in [3.8, 4) is 0 Å². The average Bonchev–Trinajstić information content (AvgIpc) is 3.46. The van der Waals surface area contributed by atoms with Crippen molar-refractivity contribution < 1.29 is 69.4 Å². The number of aryl methyl sites for hydroxylation is 2. The Hall–Kier alpha value is -1.86. The predicted molar refractivity (Wildman–Crippen MR) is 136 cm³/mol. The summed E-state index contributed by atoms with van der Waals surface area (Å²) in [4.78, 5) is 14.8. The van der Waals surface area contributed by atoms with E-state index in [-0.39, 0.29) is 17.1 Å². The Balaban J connectivity index is 0.000000453. The molecular weight excluding hydrogens is 674 g/mol. The molecule has 2 aliphatic rings. The average molecular weight is 704 g/mol. The Morgan fingerprint density at radius 3 is 1.28 bits per heavy atom. The van der Waals surface area contributed by atoms with Gasteiger partial charge < -0.3 is 9.11 Å². The molecule has 0 unspecified atom stereocenters. The van der Waals surface area contributed by atoms with Crippen LogP contribution in [0.15, 0.2) is 36.4 Å². The Kier molecular flexibility index (Phi) is 14.5. The molecule has 2 atom stereocenters. The zero-order valence-corrected chi connectivity index (χ0v) is 25.7. The van der Waals surface area contributed by atoms with Crippen molar-refractivity contribution in [3.63, 3.8) is 0 Å². The van der Waals surface area contributed by atoms with E-state index in [0.29, 0.717) is 12.1 Å². The largest absolute Gasteiger partial charge is 2.00 e. The van der Waals surface area contributed by atoms with E-state index in [4.69, 9.17) is 35.9 Å². The fourth-order valence-corrected chi connectivity index (χ4v) is 4.76. The first kappa shape index (κ1) is 39.2. The van der Waals surface area contributed by atoms with Gasteiger partial charge in [-0.1, -0.05) is 12.1 Å². The molecule has 10 nitrogen and oxygen atoms in total. The van der Waals surface area contributed by atoms with Crippen molar-refractivity contribution in [1.82, 2.24) is 19.8 Å². The summed E-state index contributed by atoms with van der Waals surface area (Å²) in [6.45, 7) is 8.54. The van der Waals surface area contributed by atoms with Gasteiger partial charge >= 0.3 is 28.1 Å². The molecular formula is C24H30F6FeN4O6S2. The minimum Gasteiger partial charge on any atom is -0.741 e. The third kappa shape index (κ3) is 12.6. The fourth-order valence-electron chi connectivity index (χ4n) is 4.76. The van der Waals surface area contributed by atoms with Crippen LogP contribution < -0.4 is 0 Å². The molecule has 4 heterocycles. The smallest absolute Gasteiger partial charge is 0.741 e. The fraction of sp³-hybridized carbons (Fsp3) is 0.583. The van der Waals surface area contributed by atoms with Crippen LogP contribution in [0, 0.1) is 13.8 Å². The van der Waals surface area contributed by atoms with Gasteiger partial charge in [-0.15, -0.1) is 0 Å². The number of pyridine rings is 2. The third-order valence-corrected chi connectivity index (χ3v) is 7.60. The zero-order chi connectivity index (χ0) is 31.9. The Morgan fingerprint density at radius 1 is 0.721 bits per heavy atom. The Bertz CT molecular complexity index is 1290. The summed E-state index contributed by atoms with van der Waals surface area (Å²) in [5, 5.41) is 0. The standard InChI is InChI=1S/C22H30N4.2CHF3O3S.Fe/c1-17-7-3-9-19(23-17)15-25-13-5-11-21(25)22-12-6-14-26(22)16-20-10-4-8-18(2)24-20;2*2-1(3,4)8(5,6)7;/h3-4,7-10,21-22H,5-6,11-16H2,1-2H3;2*(H,5,6,7);/q;;;+2/p-2/t21-,22-;;;/m1.../s1. The first-order valence-electron chi connectivity index (χ1n) is 12.6. The van der Waals surface area contributed by atoms with Gasteiger partial charge in [-0.25, -0.2) is 16.8 Å². The minimum atomic E-state index is -6.09. The maximum atomic E-state index is 10.7. The SMILES string of the molecule is Cc1cccc(CN2CCC[C@@H]2[C@H]2CCCN2Cc2cccc(C)n2)n1.O=S(=O)([O-])C(F)(F)F.O=S(=O)([O-])C(F)(F)F.[Fe+2]. The molecule has 19 heteroatoms. The van der Waals surface area contributed by atoms with E-state index in [2.05, 4.69) is 60.0 Å². The molecule has 0 aliphatic carbocycles. The summed E-state index contributed by atoms with van der Waals surface area (Å²) in [5.41, 5.74) is -6.64. The van der Waals surface area contributed by atoms with E-state index in [9.17, 15) is 26.3 Å². The van der Waals surface area contributed by atoms with Gasteiger partial charge in [0.1, 0.15) is 0 Å². The second-order valence-electron chi connectivity index (χ2n) is 9.70. The van der Waals surface area contributed by atoms with E-state index in [1.54, 1.807) is 0 Å². The summed E-state index contributed by atoms with van der Waals surface area (Å²) in [6, 6.07) is 14.1. The Labute approximate surface area is 256 Å². The molecule has 2 aromatic heterocycles. The summed E-state index contributed by atoms with van der Waals surface area (Å²) >= 11 is 0. The van der Waals surface area contributed by atoms with E-state index < -0.39 is 31.3 Å². The molecule has 0 amide bonds. The molecule has 2 fully saturated rings. The van der Waals surface area contributed by atoms with E-state index in [1.807, 2.05) is 0 Å². The van der Waals surface area contributed by atoms with E-state index in [1.165, 1.54) is 50.2 Å². The van der Waals surface area contributed by atoms with Crippen LogP contribution in [-0.4, -0.2) is 81.9 Å². The van der Waals surface area contributed by atoms with Crippen LogP contribution in [0.25, 0.3) is 0 Å². The number of hydrogen-bond donors (Lipinski definition) is 0. The molecule has 43 heavy (non-hydrogen) atoms. The second kappa shape index (κ2) is 15.9. The summed E-state index contributed by atoms with van der Waals surface area (Å²) in [6.07, 6.45) is 5.25. The van der Waals surface area contributed by atoms with Gasteiger partial charge in [0.2, 0.25) is 0 Å². The number of halogens is 6. The van der Waals surface area contributed by atoms with Gasteiger partial charge in [0.05, 0.1) is 11.4 Å². The molecule has 244 valence electrons. The van der Waals surface area contributed by atoms with Gasteiger partial charge in [0.15, 0.2) is 20.2 Å². The molecule has 0 aromatic carbocycles. The van der Waals surface area contributed by atoms with Crippen LogP contribution in [0.2, 0.25) is 0 Å². The first-order valence-corrected chi connectivity index (χ1v) is 15.4. The van der Waals surface area contributed by atoms with E-state index >= 15 is 0 Å². The number of nitrogens with zero attached hydrogens (tertiary/aromatic N) is 4. The molecule has 2 aliphatic heterocycles. The second-order valence-corrected chi connectivity index (χ2v) is 12.4. The molecule has 2 aromatic rings. The molecule has 0 bridgehead atoms. The van der Waals surface area contributed by atoms with Crippen LogP contribution in [0.1, 0.15) is 48.5 Å². The number of alkyl halides is 6. The summed E-state index contributed by atoms with van der Waals surface area (Å²) in [7, 11) is -12.2. The molecule has 2 saturated heterocycles. The van der Waals surface area contributed by atoms with Crippen LogP contribution in [0.4, 0.5) is 26.3 Å². The Morgan fingerprint density at radius 2 is 1.02 bits per heavy atom. The van der Waals surface area contributed by atoms with Crippen molar-refractivity contribution >= 4 is 20.2 Å². The normalized spacial score (nSPS) is 20.0. The van der Waals surface area contributed by atoms with Gasteiger partial charge in [-0.05, 0) is 76.9 Å². The molecule has 0 saturated carbocycles. The summed E-state index contributed by atoms with van der Waals surface area (Å²) in [5.74, 6) is 0. The maximum Gasteiger partial charge on any atom is 2.00 e. The van der Waals surface area contributed by atoms with Crippen LogP contribution in [-0.2, 0) is 50.4 Å². The van der Waals surface area contributed by atoms with Gasteiger partial charge in [0.25, 0.3) is 0 Å². The van der Waals surface area contributed by atoms with Gasteiger partial charge in [-0.2, -0.15) is 26.3 Å². The molecule has 0 N–H and O–H groups in total. The number of likely N-dealkylation sites (tertiary alicyclic amines) is 2. The first-order chi connectivity index (χ1) is 19.2. The molecule has 0 radical (unpaired) electrons. The van der Waals surface area contributed by atoms with Gasteiger partial charge in [-0.3, -0.25) is 19.8 Å². The van der Waals surface area contributed by atoms with Crippen LogP contribution >= 0.6 is 0 Å². The minimum absolute atomic E-state index is 0. The topological polar surface area (TPSA) is 147 Å². The monoisotopic (exact) mass is 704 g/mol. The molecule has 0 spiro atoms. The van der Waals surface area contributed by atoms with Crippen molar-refractivity contribution in [3.05, 3.63) is 59.2 Å². The third-order valence-electron chi connectivity index (χ3n) is 6.46. The number of rotatable bonds is 5. The maximum absolute atomic E-state index is 10.7. The van der Waals surface area contributed by atoms with Crippen LogP contribution in [0.3, 0.4) is 0 Å².